The fraction of sp³-hybridized carbons (Fsp3) is 0.312. The molecule has 0 saturated carbocycles. The lowest BCUT2D eigenvalue weighted by Gasteiger charge is -2.05. The highest BCUT2D eigenvalue weighted by Crippen LogP contribution is 2.19. The van der Waals surface area contributed by atoms with Crippen LogP contribution in [-0.4, -0.2) is 36.3 Å². The molecule has 116 valence electrons. The molecule has 1 amide bonds. The van der Waals surface area contributed by atoms with E-state index in [-0.39, 0.29) is 11.9 Å². The molecule has 0 unspecified atom stereocenters. The first kappa shape index (κ1) is 16.3. The number of nitrogens with zero attached hydrogens (tertiary/aromatic N) is 1. The largest absolute Gasteiger partial charge is 0.469 e. The van der Waals surface area contributed by atoms with Crippen molar-refractivity contribution >= 4 is 34.5 Å². The molecule has 0 aliphatic rings. The topological polar surface area (TPSA) is 68.3 Å². The molecule has 22 heavy (non-hydrogen) atoms. The number of nitrogens with one attached hydrogen (secondary N) is 1. The van der Waals surface area contributed by atoms with Crippen LogP contribution in [0.3, 0.4) is 0 Å². The highest BCUT2D eigenvalue weighted by atomic mass is 32.2. The third-order valence-electron chi connectivity index (χ3n) is 3.03. The Bertz CT molecular complexity index is 661. The summed E-state index contributed by atoms with van der Waals surface area (Å²) >= 11 is 1.40. The van der Waals surface area contributed by atoms with E-state index in [1.165, 1.54) is 18.9 Å². The van der Waals surface area contributed by atoms with Crippen molar-refractivity contribution in [2.75, 3.05) is 19.4 Å². The second-order valence-electron chi connectivity index (χ2n) is 4.66. The lowest BCUT2D eigenvalue weighted by Crippen LogP contribution is -2.26. The van der Waals surface area contributed by atoms with Crippen molar-refractivity contribution in [3.63, 3.8) is 0 Å². The van der Waals surface area contributed by atoms with Crippen molar-refractivity contribution in [1.29, 1.82) is 0 Å². The molecular formula is C16H18N2O3S. The maximum Gasteiger partial charge on any atom is 0.305 e. The minimum absolute atomic E-state index is 0.0650. The Morgan fingerprint density at radius 2 is 2.05 bits per heavy atom. The van der Waals surface area contributed by atoms with Crippen molar-refractivity contribution in [2.24, 2.45) is 0 Å². The van der Waals surface area contributed by atoms with E-state index in [0.29, 0.717) is 25.1 Å². The second kappa shape index (κ2) is 8.38. The Kier molecular flexibility index (Phi) is 6.21. The standard InChI is InChI=1S/C16H18N2O3S/c1-21-16(20)7-4-10-17-14(19)11-22-15-9-8-12-5-2-3-6-13(12)18-15/h2-3,5-6,8-9H,4,7,10-11H2,1H3,(H,17,19). The van der Waals surface area contributed by atoms with Gasteiger partial charge in [0.05, 0.1) is 23.4 Å². The number of methoxy groups -OCH3 is 1. The molecule has 0 atom stereocenters. The summed E-state index contributed by atoms with van der Waals surface area (Å²) in [5.74, 6) is -0.0161. The van der Waals surface area contributed by atoms with Gasteiger partial charge in [-0.05, 0) is 18.6 Å². The molecule has 6 heteroatoms. The van der Waals surface area contributed by atoms with E-state index in [2.05, 4.69) is 15.0 Å². The number of para-hydroxylation sites is 1. The summed E-state index contributed by atoms with van der Waals surface area (Å²) in [6.45, 7) is 0.472. The quantitative estimate of drug-likeness (QED) is 0.482. The molecule has 0 aliphatic heterocycles. The van der Waals surface area contributed by atoms with Crippen molar-refractivity contribution < 1.29 is 14.3 Å². The zero-order chi connectivity index (χ0) is 15.8. The molecule has 0 bridgehead atoms. The Labute approximate surface area is 133 Å². The van der Waals surface area contributed by atoms with E-state index in [4.69, 9.17) is 0 Å². The molecule has 0 aliphatic carbocycles. The van der Waals surface area contributed by atoms with Crippen LogP contribution in [0.2, 0.25) is 0 Å². The molecule has 0 radical (unpaired) electrons. The van der Waals surface area contributed by atoms with E-state index in [9.17, 15) is 9.59 Å². The van der Waals surface area contributed by atoms with Gasteiger partial charge >= 0.3 is 5.97 Å². The minimum Gasteiger partial charge on any atom is -0.469 e. The highest BCUT2D eigenvalue weighted by Gasteiger charge is 2.05. The van der Waals surface area contributed by atoms with Gasteiger partial charge in [0, 0.05) is 18.4 Å². The average molecular weight is 318 g/mol. The Balaban J connectivity index is 1.74. The number of thioether (sulfide) groups is 1. The summed E-state index contributed by atoms with van der Waals surface area (Å²) in [7, 11) is 1.36. The van der Waals surface area contributed by atoms with Gasteiger partial charge in [-0.25, -0.2) is 4.98 Å². The zero-order valence-corrected chi connectivity index (χ0v) is 13.2. The number of benzene rings is 1. The van der Waals surface area contributed by atoms with E-state index in [1.54, 1.807) is 0 Å². The number of aromatic nitrogens is 1. The first-order valence-corrected chi connectivity index (χ1v) is 7.99. The molecule has 0 fully saturated rings. The SMILES string of the molecule is COC(=O)CCCNC(=O)CSc1ccc2ccccc2n1. The summed E-state index contributed by atoms with van der Waals surface area (Å²) < 4.78 is 4.53. The van der Waals surface area contributed by atoms with Crippen molar-refractivity contribution in [3.05, 3.63) is 36.4 Å². The molecule has 1 aromatic heterocycles. The number of hydrogen-bond acceptors (Lipinski definition) is 5. The molecule has 2 rings (SSSR count). The van der Waals surface area contributed by atoms with Crippen LogP contribution in [0.1, 0.15) is 12.8 Å². The first-order valence-electron chi connectivity index (χ1n) is 7.01. The average Bonchev–Trinajstić information content (AvgIpc) is 2.56. The predicted octanol–water partition coefficient (Wildman–Crippen LogP) is 2.40. The van der Waals surface area contributed by atoms with Gasteiger partial charge in [-0.2, -0.15) is 0 Å². The van der Waals surface area contributed by atoms with Crippen molar-refractivity contribution in [3.8, 4) is 0 Å². The van der Waals surface area contributed by atoms with Crippen molar-refractivity contribution in [1.82, 2.24) is 10.3 Å². The number of hydrogen-bond donors (Lipinski definition) is 1. The van der Waals surface area contributed by atoms with Gasteiger partial charge in [-0.1, -0.05) is 36.0 Å². The van der Waals surface area contributed by atoms with E-state index >= 15 is 0 Å². The Morgan fingerprint density at radius 3 is 2.86 bits per heavy atom. The second-order valence-corrected chi connectivity index (χ2v) is 5.66. The van der Waals surface area contributed by atoms with Gasteiger partial charge in [0.2, 0.25) is 5.91 Å². The minimum atomic E-state index is -0.260. The van der Waals surface area contributed by atoms with Gasteiger partial charge in [-0.15, -0.1) is 0 Å². The van der Waals surface area contributed by atoms with Gasteiger partial charge in [0.25, 0.3) is 0 Å². The number of esters is 1. The maximum absolute atomic E-state index is 11.7. The Morgan fingerprint density at radius 1 is 1.23 bits per heavy atom. The van der Waals surface area contributed by atoms with Gasteiger partial charge in [0.1, 0.15) is 0 Å². The zero-order valence-electron chi connectivity index (χ0n) is 12.4. The van der Waals surface area contributed by atoms with E-state index < -0.39 is 0 Å². The van der Waals surface area contributed by atoms with E-state index in [0.717, 1.165) is 15.9 Å². The summed E-state index contributed by atoms with van der Waals surface area (Å²) in [5, 5.41) is 4.68. The number of pyridine rings is 1. The summed E-state index contributed by atoms with van der Waals surface area (Å²) in [5.41, 5.74) is 0.922. The lowest BCUT2D eigenvalue weighted by atomic mass is 10.2. The fourth-order valence-electron chi connectivity index (χ4n) is 1.88. The van der Waals surface area contributed by atoms with Crippen LogP contribution in [-0.2, 0) is 14.3 Å². The van der Waals surface area contributed by atoms with Crippen LogP contribution in [0.15, 0.2) is 41.4 Å². The van der Waals surface area contributed by atoms with E-state index in [1.807, 2.05) is 36.4 Å². The molecule has 1 N–H and O–H groups in total. The number of fused-ring (bicyclic) bond motifs is 1. The number of carbonyl (C=O) groups is 2. The Hall–Kier alpha value is -2.08. The number of carbonyl (C=O) groups excluding carboxylic acids is 2. The molecule has 1 aromatic carbocycles. The monoisotopic (exact) mass is 318 g/mol. The van der Waals surface area contributed by atoms with Crippen LogP contribution in [0.4, 0.5) is 0 Å². The third-order valence-corrected chi connectivity index (χ3v) is 3.96. The molecule has 5 nitrogen and oxygen atoms in total. The van der Waals surface area contributed by atoms with Gasteiger partial charge < -0.3 is 10.1 Å². The number of rotatable bonds is 7. The predicted molar refractivity (Wildman–Crippen MR) is 86.7 cm³/mol. The normalized spacial score (nSPS) is 10.4. The van der Waals surface area contributed by atoms with Crippen LogP contribution in [0.25, 0.3) is 10.9 Å². The van der Waals surface area contributed by atoms with Crippen LogP contribution >= 0.6 is 11.8 Å². The smallest absolute Gasteiger partial charge is 0.305 e. The van der Waals surface area contributed by atoms with Crippen molar-refractivity contribution in [2.45, 2.75) is 17.9 Å². The first-order chi connectivity index (χ1) is 10.7. The number of ether oxygens (including phenoxy) is 1. The maximum atomic E-state index is 11.7. The molecule has 2 aromatic rings. The van der Waals surface area contributed by atoms with Crippen LogP contribution in [0, 0.1) is 0 Å². The van der Waals surface area contributed by atoms with Gasteiger partial charge in [0.15, 0.2) is 0 Å². The lowest BCUT2D eigenvalue weighted by molar-refractivity contribution is -0.140. The molecular weight excluding hydrogens is 300 g/mol. The number of amides is 1. The molecule has 0 saturated heterocycles. The fourth-order valence-corrected chi connectivity index (χ4v) is 2.59. The molecule has 0 spiro atoms. The summed E-state index contributed by atoms with van der Waals surface area (Å²) in [4.78, 5) is 27.1. The summed E-state index contributed by atoms with van der Waals surface area (Å²) in [6, 6.07) is 11.8. The highest BCUT2D eigenvalue weighted by molar-refractivity contribution is 7.99. The van der Waals surface area contributed by atoms with Crippen LogP contribution in [0.5, 0.6) is 0 Å². The summed E-state index contributed by atoms with van der Waals surface area (Å²) in [6.07, 6.45) is 0.896. The third kappa shape index (κ3) is 5.04. The van der Waals surface area contributed by atoms with Crippen LogP contribution < -0.4 is 5.32 Å². The van der Waals surface area contributed by atoms with Gasteiger partial charge in [-0.3, -0.25) is 9.59 Å². The molecule has 1 heterocycles.